The summed E-state index contributed by atoms with van der Waals surface area (Å²) in [6, 6.07) is 4.49. The Morgan fingerprint density at radius 1 is 1.33 bits per heavy atom. The van der Waals surface area contributed by atoms with Gasteiger partial charge in [0.25, 0.3) is 0 Å². The van der Waals surface area contributed by atoms with Crippen LogP contribution in [0.4, 0.5) is 0 Å². The van der Waals surface area contributed by atoms with Crippen LogP contribution in [-0.4, -0.2) is 14.5 Å². The van der Waals surface area contributed by atoms with Crippen molar-refractivity contribution in [3.63, 3.8) is 0 Å². The van der Waals surface area contributed by atoms with Gasteiger partial charge >= 0.3 is 0 Å². The van der Waals surface area contributed by atoms with E-state index >= 15 is 0 Å². The van der Waals surface area contributed by atoms with Crippen LogP contribution >= 0.6 is 15.9 Å². The van der Waals surface area contributed by atoms with E-state index in [1.807, 2.05) is 12.1 Å². The topological polar surface area (TPSA) is 30.7 Å². The van der Waals surface area contributed by atoms with Crippen LogP contribution in [0.5, 0.6) is 0 Å². The molecule has 0 amide bonds. The number of halogens is 1. The molecule has 0 aliphatic carbocycles. The molecule has 1 aliphatic rings. The first-order valence-corrected chi connectivity index (χ1v) is 6.00. The third kappa shape index (κ3) is 1.24. The molecule has 1 aliphatic heterocycles. The summed E-state index contributed by atoms with van der Waals surface area (Å²) in [5.41, 5.74) is 2.02. The lowest BCUT2D eigenvalue weighted by Crippen LogP contribution is -1.99. The second-order valence-corrected chi connectivity index (χ2v) is 5.11. The maximum atomic E-state index is 4.65. The number of fused-ring (bicyclic) bond motifs is 3. The van der Waals surface area contributed by atoms with E-state index in [9.17, 15) is 0 Å². The number of rotatable bonds is 0. The molecule has 78 valence electrons. The fourth-order valence-corrected chi connectivity index (χ4v) is 2.77. The number of hydrogen-bond acceptors (Lipinski definition) is 2. The van der Waals surface area contributed by atoms with Crippen molar-refractivity contribution < 1.29 is 0 Å². The Morgan fingerprint density at radius 3 is 2.93 bits per heavy atom. The van der Waals surface area contributed by atoms with Gasteiger partial charge in [0.15, 0.2) is 5.65 Å². The molecule has 2 atom stereocenters. The molecule has 0 spiro atoms. The van der Waals surface area contributed by atoms with E-state index in [2.05, 4.69) is 44.3 Å². The van der Waals surface area contributed by atoms with E-state index in [1.54, 1.807) is 0 Å². The highest BCUT2D eigenvalue weighted by Gasteiger charge is 2.28. The highest BCUT2D eigenvalue weighted by atomic mass is 79.9. The molecule has 0 bridgehead atoms. The van der Waals surface area contributed by atoms with Crippen LogP contribution in [0, 0.1) is 0 Å². The third-order valence-corrected chi connectivity index (χ3v) is 3.55. The molecule has 4 heteroatoms. The zero-order valence-electron chi connectivity index (χ0n) is 8.74. The monoisotopic (exact) mass is 265 g/mol. The zero-order chi connectivity index (χ0) is 10.6. The normalized spacial score (nSPS) is 24.7. The molecule has 2 unspecified atom stereocenters. The van der Waals surface area contributed by atoms with Crippen molar-refractivity contribution >= 4 is 27.1 Å². The summed E-state index contributed by atoms with van der Waals surface area (Å²) in [5, 5.41) is 0. The molecule has 0 saturated carbocycles. The Bertz CT molecular complexity index is 532. The van der Waals surface area contributed by atoms with Gasteiger partial charge in [-0.2, -0.15) is 0 Å². The van der Waals surface area contributed by atoms with Crippen molar-refractivity contribution in [3.8, 4) is 0 Å². The number of hydrogen-bond donors (Lipinski definition) is 0. The highest BCUT2D eigenvalue weighted by Crippen LogP contribution is 2.37. The zero-order valence-corrected chi connectivity index (χ0v) is 10.3. The van der Waals surface area contributed by atoms with E-state index in [1.165, 1.54) is 12.2 Å². The number of aromatic nitrogens is 3. The standard InChI is InChI=1S/C11H12BrN3/c1-6-5-7(2)15-10(6)13-8-3-4-9(12)14-11(8)15/h3-4,6-7H,5H2,1-2H3. The average Bonchev–Trinajstić information content (AvgIpc) is 2.67. The van der Waals surface area contributed by atoms with Gasteiger partial charge in [-0.15, -0.1) is 0 Å². The van der Waals surface area contributed by atoms with Gasteiger partial charge in [0.05, 0.1) is 0 Å². The van der Waals surface area contributed by atoms with Crippen molar-refractivity contribution in [2.75, 3.05) is 0 Å². The number of pyridine rings is 1. The first kappa shape index (κ1) is 9.33. The van der Waals surface area contributed by atoms with Crippen LogP contribution in [-0.2, 0) is 0 Å². The van der Waals surface area contributed by atoms with Gasteiger partial charge in [-0.3, -0.25) is 0 Å². The van der Waals surface area contributed by atoms with E-state index in [-0.39, 0.29) is 0 Å². The molecule has 0 aromatic carbocycles. The second-order valence-electron chi connectivity index (χ2n) is 4.30. The predicted octanol–water partition coefficient (Wildman–Crippen LogP) is 3.26. The Hall–Kier alpha value is -0.900. The summed E-state index contributed by atoms with van der Waals surface area (Å²) in [6.45, 7) is 4.47. The van der Waals surface area contributed by atoms with Gasteiger partial charge in [0, 0.05) is 12.0 Å². The quantitative estimate of drug-likeness (QED) is 0.685. The van der Waals surface area contributed by atoms with Gasteiger partial charge in [-0.05, 0) is 41.4 Å². The summed E-state index contributed by atoms with van der Waals surface area (Å²) >= 11 is 3.41. The van der Waals surface area contributed by atoms with Gasteiger partial charge in [-0.1, -0.05) is 6.92 Å². The minimum atomic E-state index is 0.516. The predicted molar refractivity (Wildman–Crippen MR) is 63.0 cm³/mol. The number of imidazole rings is 1. The van der Waals surface area contributed by atoms with E-state index in [0.717, 1.165) is 15.8 Å². The third-order valence-electron chi connectivity index (χ3n) is 3.11. The highest BCUT2D eigenvalue weighted by molar-refractivity contribution is 9.10. The molecule has 2 aromatic heterocycles. The Labute approximate surface area is 96.7 Å². The van der Waals surface area contributed by atoms with Crippen LogP contribution in [0.2, 0.25) is 0 Å². The maximum absolute atomic E-state index is 4.65. The van der Waals surface area contributed by atoms with E-state index < -0.39 is 0 Å². The van der Waals surface area contributed by atoms with Gasteiger partial charge in [-0.25, -0.2) is 9.97 Å². The molecule has 3 heterocycles. The van der Waals surface area contributed by atoms with Crippen molar-refractivity contribution in [2.45, 2.75) is 32.2 Å². The summed E-state index contributed by atoms with van der Waals surface area (Å²) in [4.78, 5) is 9.15. The van der Waals surface area contributed by atoms with Gasteiger partial charge in [0.2, 0.25) is 0 Å². The second kappa shape index (κ2) is 3.04. The van der Waals surface area contributed by atoms with Crippen molar-refractivity contribution in [1.82, 2.24) is 14.5 Å². The van der Waals surface area contributed by atoms with Crippen molar-refractivity contribution in [1.29, 1.82) is 0 Å². The van der Waals surface area contributed by atoms with Crippen molar-refractivity contribution in [3.05, 3.63) is 22.6 Å². The molecule has 0 N–H and O–H groups in total. The minimum absolute atomic E-state index is 0.516. The molecule has 15 heavy (non-hydrogen) atoms. The lowest BCUT2D eigenvalue weighted by atomic mass is 10.1. The van der Waals surface area contributed by atoms with Gasteiger partial charge < -0.3 is 4.57 Å². The first-order chi connectivity index (χ1) is 7.16. The summed E-state index contributed by atoms with van der Waals surface area (Å²) in [6.07, 6.45) is 1.17. The lowest BCUT2D eigenvalue weighted by Gasteiger charge is -2.06. The molecule has 0 radical (unpaired) electrons. The van der Waals surface area contributed by atoms with Crippen LogP contribution in [0.15, 0.2) is 16.7 Å². The average molecular weight is 266 g/mol. The maximum Gasteiger partial charge on any atom is 0.161 e. The Balaban J connectivity index is 2.36. The first-order valence-electron chi connectivity index (χ1n) is 5.21. The fourth-order valence-electron chi connectivity index (χ4n) is 2.47. The van der Waals surface area contributed by atoms with E-state index in [4.69, 9.17) is 0 Å². The summed E-state index contributed by atoms with van der Waals surface area (Å²) in [7, 11) is 0. The smallest absolute Gasteiger partial charge is 0.161 e. The Kier molecular flexibility index (Phi) is 1.89. The van der Waals surface area contributed by atoms with E-state index in [0.29, 0.717) is 12.0 Å². The molecular weight excluding hydrogens is 254 g/mol. The summed E-state index contributed by atoms with van der Waals surface area (Å²) < 4.78 is 3.15. The molecule has 0 saturated heterocycles. The number of nitrogens with zero attached hydrogens (tertiary/aromatic N) is 3. The molecule has 0 fully saturated rings. The van der Waals surface area contributed by atoms with Gasteiger partial charge in [0.1, 0.15) is 15.9 Å². The molecular formula is C11H12BrN3. The van der Waals surface area contributed by atoms with Crippen LogP contribution < -0.4 is 0 Å². The van der Waals surface area contributed by atoms with Crippen LogP contribution in [0.1, 0.15) is 38.1 Å². The SMILES string of the molecule is CC1CC(C)n2c1nc1ccc(Br)nc12. The lowest BCUT2D eigenvalue weighted by molar-refractivity contribution is 0.569. The molecule has 2 aromatic rings. The van der Waals surface area contributed by atoms with Crippen molar-refractivity contribution in [2.24, 2.45) is 0 Å². The largest absolute Gasteiger partial charge is 0.310 e. The van der Waals surface area contributed by atoms with Crippen LogP contribution in [0.3, 0.4) is 0 Å². The molecule has 3 rings (SSSR count). The molecule has 3 nitrogen and oxygen atoms in total. The van der Waals surface area contributed by atoms with Crippen LogP contribution in [0.25, 0.3) is 11.2 Å². The summed E-state index contributed by atoms with van der Waals surface area (Å²) in [5.74, 6) is 1.73. The minimum Gasteiger partial charge on any atom is -0.310 e. The fraction of sp³-hybridized carbons (Fsp3) is 0.455. The Morgan fingerprint density at radius 2 is 2.13 bits per heavy atom.